The summed E-state index contributed by atoms with van der Waals surface area (Å²) in [6.07, 6.45) is 0. The Morgan fingerprint density at radius 2 is 1.06 bits per heavy atom. The summed E-state index contributed by atoms with van der Waals surface area (Å²) in [5.41, 5.74) is 19.7. The minimum Gasteiger partial charge on any atom is -0.488 e. The van der Waals surface area contributed by atoms with Crippen molar-refractivity contribution in [2.45, 2.75) is 25.9 Å². The number of fused-ring (bicyclic) bond motifs is 9. The summed E-state index contributed by atoms with van der Waals surface area (Å²) in [6.45, 7) is 5.30. The molecule has 0 atom stereocenters. The lowest BCUT2D eigenvalue weighted by atomic mass is 9.82. The summed E-state index contributed by atoms with van der Waals surface area (Å²) in [5, 5.41) is 2.50. The van der Waals surface area contributed by atoms with E-state index in [0.29, 0.717) is 6.61 Å². The highest BCUT2D eigenvalue weighted by atomic mass is 16.5. The molecule has 1 aromatic heterocycles. The number of hydrogen-bond donors (Lipinski definition) is 0. The Bertz CT molecular complexity index is 2890. The van der Waals surface area contributed by atoms with Crippen LogP contribution < -0.4 is 4.74 Å². The first-order chi connectivity index (χ1) is 26.5. The fourth-order valence-corrected chi connectivity index (χ4v) is 9.22. The molecule has 0 saturated carbocycles. The largest absolute Gasteiger partial charge is 0.488 e. The molecule has 0 spiro atoms. The normalized spacial score (nSPS) is 13.6. The van der Waals surface area contributed by atoms with Crippen molar-refractivity contribution >= 4 is 21.8 Å². The number of nitrogens with zero attached hydrogens (tertiary/aromatic N) is 1. The Kier molecular flexibility index (Phi) is 6.69. The highest BCUT2D eigenvalue weighted by molar-refractivity contribution is 6.13. The van der Waals surface area contributed by atoms with Gasteiger partial charge in [-0.3, -0.25) is 0 Å². The number of benzene rings is 8. The summed E-state index contributed by atoms with van der Waals surface area (Å²) in [5.74, 6) is 0.949. The number of para-hydroxylation sites is 1. The highest BCUT2D eigenvalue weighted by Gasteiger charge is 2.36. The highest BCUT2D eigenvalue weighted by Crippen LogP contribution is 2.51. The van der Waals surface area contributed by atoms with Gasteiger partial charge in [0.1, 0.15) is 12.4 Å². The Labute approximate surface area is 315 Å². The van der Waals surface area contributed by atoms with Crippen LogP contribution >= 0.6 is 0 Å². The first kappa shape index (κ1) is 30.9. The van der Waals surface area contributed by atoms with Crippen molar-refractivity contribution in [3.63, 3.8) is 0 Å². The summed E-state index contributed by atoms with van der Waals surface area (Å²) in [6, 6.07) is 64.6. The molecule has 2 nitrogen and oxygen atoms in total. The van der Waals surface area contributed by atoms with E-state index in [9.17, 15) is 0 Å². The van der Waals surface area contributed by atoms with Gasteiger partial charge in [-0.1, -0.05) is 141 Å². The summed E-state index contributed by atoms with van der Waals surface area (Å²) >= 11 is 0. The molecule has 0 fully saturated rings. The molecule has 1 aliphatic heterocycles. The van der Waals surface area contributed by atoms with Crippen molar-refractivity contribution in [2.75, 3.05) is 0 Å². The van der Waals surface area contributed by atoms with Gasteiger partial charge in [0.15, 0.2) is 0 Å². The van der Waals surface area contributed by atoms with Crippen LogP contribution in [-0.4, -0.2) is 4.57 Å². The molecule has 2 heterocycles. The summed E-state index contributed by atoms with van der Waals surface area (Å²) < 4.78 is 8.83. The monoisotopic (exact) mass is 691 g/mol. The molecule has 11 rings (SSSR count). The lowest BCUT2D eigenvalue weighted by Crippen LogP contribution is -2.14. The van der Waals surface area contributed by atoms with Crippen LogP contribution in [0.4, 0.5) is 0 Å². The van der Waals surface area contributed by atoms with Gasteiger partial charge in [-0.25, -0.2) is 0 Å². The molecular weight excluding hydrogens is 655 g/mol. The van der Waals surface area contributed by atoms with Crippen molar-refractivity contribution in [3.05, 3.63) is 193 Å². The Balaban J connectivity index is 1.20. The minimum atomic E-state index is -0.118. The van der Waals surface area contributed by atoms with Gasteiger partial charge in [0.25, 0.3) is 0 Å². The molecule has 0 bridgehead atoms. The van der Waals surface area contributed by atoms with E-state index in [1.807, 2.05) is 6.07 Å². The summed E-state index contributed by atoms with van der Waals surface area (Å²) in [4.78, 5) is 0. The van der Waals surface area contributed by atoms with Crippen LogP contribution in [0.2, 0.25) is 0 Å². The molecule has 0 amide bonds. The van der Waals surface area contributed by atoms with Crippen LogP contribution in [0, 0.1) is 0 Å². The lowest BCUT2D eigenvalue weighted by molar-refractivity contribution is 0.303. The Morgan fingerprint density at radius 1 is 0.426 bits per heavy atom. The zero-order chi connectivity index (χ0) is 36.0. The molecule has 0 saturated heterocycles. The van der Waals surface area contributed by atoms with Gasteiger partial charge in [-0.15, -0.1) is 0 Å². The van der Waals surface area contributed by atoms with E-state index >= 15 is 0 Å². The molecule has 2 heteroatoms. The molecule has 54 heavy (non-hydrogen) atoms. The third-order valence-corrected chi connectivity index (χ3v) is 11.9. The quantitative estimate of drug-likeness (QED) is 0.179. The molecule has 2 aliphatic rings. The first-order valence-electron chi connectivity index (χ1n) is 18.9. The number of hydrogen-bond acceptors (Lipinski definition) is 1. The summed E-state index contributed by atoms with van der Waals surface area (Å²) in [7, 11) is 0. The average Bonchev–Trinajstić information content (AvgIpc) is 3.67. The molecular formula is C52H37NO. The van der Waals surface area contributed by atoms with Gasteiger partial charge in [-0.2, -0.15) is 0 Å². The Hall–Kier alpha value is -6.64. The number of aromatic nitrogens is 1. The zero-order valence-electron chi connectivity index (χ0n) is 30.3. The maximum absolute atomic E-state index is 6.33. The van der Waals surface area contributed by atoms with Crippen molar-refractivity contribution in [3.8, 4) is 67.1 Å². The average molecular weight is 692 g/mol. The second-order valence-electron chi connectivity index (χ2n) is 15.3. The van der Waals surface area contributed by atoms with E-state index in [0.717, 1.165) is 17.0 Å². The molecule has 256 valence electrons. The van der Waals surface area contributed by atoms with Crippen LogP contribution in [-0.2, 0) is 12.0 Å². The molecule has 0 unspecified atom stereocenters. The van der Waals surface area contributed by atoms with Gasteiger partial charge in [0.2, 0.25) is 0 Å². The molecule has 1 aliphatic carbocycles. The molecule has 8 aromatic carbocycles. The zero-order valence-corrected chi connectivity index (χ0v) is 30.3. The van der Waals surface area contributed by atoms with E-state index in [1.165, 1.54) is 88.6 Å². The molecule has 0 radical (unpaired) electrons. The fourth-order valence-electron chi connectivity index (χ4n) is 9.22. The fraction of sp³-hybridized carbons (Fsp3) is 0.0769. The van der Waals surface area contributed by atoms with Gasteiger partial charge >= 0.3 is 0 Å². The predicted octanol–water partition coefficient (Wildman–Crippen LogP) is 13.7. The van der Waals surface area contributed by atoms with Crippen LogP contribution in [0.3, 0.4) is 0 Å². The second-order valence-corrected chi connectivity index (χ2v) is 15.3. The van der Waals surface area contributed by atoms with E-state index in [4.69, 9.17) is 4.74 Å². The number of rotatable bonds is 4. The van der Waals surface area contributed by atoms with Crippen LogP contribution in [0.15, 0.2) is 176 Å². The van der Waals surface area contributed by atoms with E-state index in [-0.39, 0.29) is 5.41 Å². The van der Waals surface area contributed by atoms with E-state index < -0.39 is 0 Å². The van der Waals surface area contributed by atoms with E-state index in [1.54, 1.807) is 0 Å². The van der Waals surface area contributed by atoms with Crippen LogP contribution in [0.25, 0.3) is 83.1 Å². The van der Waals surface area contributed by atoms with Crippen LogP contribution in [0.5, 0.6) is 5.75 Å². The first-order valence-corrected chi connectivity index (χ1v) is 18.9. The van der Waals surface area contributed by atoms with Crippen molar-refractivity contribution in [1.82, 2.24) is 4.57 Å². The lowest BCUT2D eigenvalue weighted by Gasteiger charge is -2.23. The Morgan fingerprint density at radius 3 is 1.81 bits per heavy atom. The van der Waals surface area contributed by atoms with E-state index in [2.05, 4.69) is 188 Å². The van der Waals surface area contributed by atoms with Crippen molar-refractivity contribution < 1.29 is 4.74 Å². The second kappa shape index (κ2) is 11.7. The predicted molar refractivity (Wildman–Crippen MR) is 224 cm³/mol. The van der Waals surface area contributed by atoms with Crippen LogP contribution in [0.1, 0.15) is 30.5 Å². The standard InChI is InChI=1S/C52H37NO/c1-52(2)47-22-11-9-18-41(47)43-30-45-44-29-35(39-20-13-21-40-42-19-10-12-23-51(42)54-32-46(39)40)24-25-49(44)53(50(45)31-48(43)52)38-27-36(33-14-5-3-6-15-33)26-37(28-38)34-16-7-4-8-17-34/h3-31H,32H2,1-2H3. The van der Waals surface area contributed by atoms with Gasteiger partial charge in [-0.05, 0) is 110 Å². The minimum absolute atomic E-state index is 0.118. The third kappa shape index (κ3) is 4.60. The van der Waals surface area contributed by atoms with Gasteiger partial charge in [0.05, 0.1) is 11.0 Å². The smallest absolute Gasteiger partial charge is 0.127 e. The molecule has 0 N–H and O–H groups in total. The van der Waals surface area contributed by atoms with Gasteiger partial charge in [0, 0.05) is 33.0 Å². The molecule has 9 aromatic rings. The maximum Gasteiger partial charge on any atom is 0.127 e. The van der Waals surface area contributed by atoms with Gasteiger partial charge < -0.3 is 9.30 Å². The topological polar surface area (TPSA) is 14.2 Å². The van der Waals surface area contributed by atoms with Crippen molar-refractivity contribution in [1.29, 1.82) is 0 Å². The van der Waals surface area contributed by atoms with Crippen molar-refractivity contribution in [2.24, 2.45) is 0 Å². The third-order valence-electron chi connectivity index (χ3n) is 11.9. The SMILES string of the molecule is CC1(C)c2ccccc2-c2cc3c4cc(-c5cccc6c5COc5ccccc5-6)ccc4n(-c4cc(-c5ccccc5)cc(-c5ccccc5)c4)c3cc21. The maximum atomic E-state index is 6.33. The number of ether oxygens (including phenoxy) is 1.